The molecule has 0 radical (unpaired) electrons. The van der Waals surface area contributed by atoms with Crippen LogP contribution in [0.4, 0.5) is 4.39 Å². The third-order valence-corrected chi connectivity index (χ3v) is 0.595. The van der Waals surface area contributed by atoms with E-state index in [1.54, 1.807) is 0 Å². The Morgan fingerprint density at radius 3 is 2.00 bits per heavy atom. The number of hydrogen-bond acceptors (Lipinski definition) is 2. The molecule has 0 aromatic heterocycles. The summed E-state index contributed by atoms with van der Waals surface area (Å²) in [5, 5.41) is 0. The van der Waals surface area contributed by atoms with Crippen LogP contribution < -0.4 is 0 Å². The van der Waals surface area contributed by atoms with Crippen LogP contribution in [0.3, 0.4) is 0 Å². The van der Waals surface area contributed by atoms with Crippen LogP contribution in [0.15, 0.2) is 0 Å². The predicted molar refractivity (Wildman–Crippen MR) is 26.3 cm³/mol. The molecule has 0 unspecified atom stereocenters. The molecule has 0 spiro atoms. The van der Waals surface area contributed by atoms with Gasteiger partial charge in [0.2, 0.25) is 0 Å². The fourth-order valence-corrected chi connectivity index (χ4v) is 0.325. The van der Waals surface area contributed by atoms with Gasteiger partial charge in [-0.05, 0) is 6.92 Å². The van der Waals surface area contributed by atoms with Gasteiger partial charge in [-0.25, -0.2) is 4.39 Å². The van der Waals surface area contributed by atoms with Crippen LogP contribution in [0.25, 0.3) is 0 Å². The van der Waals surface area contributed by atoms with Crippen molar-refractivity contribution in [3.63, 3.8) is 0 Å². The van der Waals surface area contributed by atoms with E-state index in [1.807, 2.05) is 0 Å². The molecule has 2 nitrogen and oxygen atoms in total. The fourth-order valence-electron chi connectivity index (χ4n) is 0.325. The van der Waals surface area contributed by atoms with Gasteiger partial charge in [-0.2, -0.15) is 0 Å². The largest absolute Gasteiger partial charge is 0.300 e. The van der Waals surface area contributed by atoms with Crippen molar-refractivity contribution >= 4 is 11.6 Å². The van der Waals surface area contributed by atoms with Crippen LogP contribution in [0.1, 0.15) is 13.3 Å². The van der Waals surface area contributed by atoms with E-state index in [9.17, 15) is 14.0 Å². The zero-order valence-corrected chi connectivity index (χ0v) is 7.20. The first-order chi connectivity index (χ1) is 3.66. The summed E-state index contributed by atoms with van der Waals surface area (Å²) in [6, 6.07) is 0. The zero-order valence-electron chi connectivity index (χ0n) is 4.92. The number of Topliss-reactive ketones (excluding diaryl/α,β-unsaturated/α-hetero) is 2. The van der Waals surface area contributed by atoms with Crippen molar-refractivity contribution in [3.05, 3.63) is 0 Å². The Labute approximate surface area is 67.1 Å². The van der Waals surface area contributed by atoms with Gasteiger partial charge in [0.15, 0.2) is 5.78 Å². The minimum atomic E-state index is -1.03. The minimum absolute atomic E-state index is 0. The Kier molecular flexibility index (Phi) is 7.92. The quantitative estimate of drug-likeness (QED) is 0.711. The summed E-state index contributed by atoms with van der Waals surface area (Å²) in [6.07, 6.45) is -0.267. The summed E-state index contributed by atoms with van der Waals surface area (Å²) in [7, 11) is 0. The number of carbonyl (C=O) groups is 2. The van der Waals surface area contributed by atoms with Crippen molar-refractivity contribution in [1.29, 1.82) is 0 Å². The summed E-state index contributed by atoms with van der Waals surface area (Å²) in [6.45, 7) is 0.229. The van der Waals surface area contributed by atoms with Crippen LogP contribution in [0.2, 0.25) is 0 Å². The van der Waals surface area contributed by atoms with Crippen LogP contribution in [-0.2, 0) is 30.7 Å². The van der Waals surface area contributed by atoms with Gasteiger partial charge in [0.25, 0.3) is 0 Å². The molecule has 0 bridgehead atoms. The minimum Gasteiger partial charge on any atom is -0.300 e. The maximum atomic E-state index is 11.2. The third-order valence-electron chi connectivity index (χ3n) is 0.595. The average Bonchev–Trinajstić information content (AvgIpc) is 1.65. The topological polar surface area (TPSA) is 34.1 Å². The molecule has 9 heavy (non-hydrogen) atoms. The van der Waals surface area contributed by atoms with Gasteiger partial charge >= 0.3 is 0 Å². The van der Waals surface area contributed by atoms with E-state index >= 15 is 0 Å². The van der Waals surface area contributed by atoms with Crippen molar-refractivity contribution in [2.45, 2.75) is 13.3 Å². The maximum Gasteiger partial charge on any atom is 0.171 e. The molecule has 0 aromatic carbocycles. The smallest absolute Gasteiger partial charge is 0.171 e. The van der Waals surface area contributed by atoms with Crippen molar-refractivity contribution < 1.29 is 35.0 Å². The Morgan fingerprint density at radius 1 is 1.44 bits per heavy atom. The van der Waals surface area contributed by atoms with E-state index in [1.165, 1.54) is 6.92 Å². The first kappa shape index (κ1) is 11.7. The number of hydrogen-bond donors (Lipinski definition) is 0. The number of rotatable bonds is 3. The first-order valence-electron chi connectivity index (χ1n) is 2.24. The molecule has 0 heterocycles. The van der Waals surface area contributed by atoms with E-state index in [2.05, 4.69) is 0 Å². The Hall–Kier alpha value is -0.0417. The molecule has 0 rings (SSSR count). The standard InChI is InChI=1S/C5H7FO2.Pt/c1-4(7)2-5(8)3-6;/h2-3H2,1H3;. The molecule has 0 amide bonds. The molecule has 4 heteroatoms. The summed E-state index contributed by atoms with van der Waals surface area (Å²) in [4.78, 5) is 20.1. The Morgan fingerprint density at radius 2 is 1.89 bits per heavy atom. The maximum absolute atomic E-state index is 11.2. The summed E-state index contributed by atoms with van der Waals surface area (Å²) < 4.78 is 11.2. The fraction of sp³-hybridized carbons (Fsp3) is 0.600. The molecule has 56 valence electrons. The Bertz CT molecular complexity index is 114. The average molecular weight is 313 g/mol. The molecule has 0 saturated heterocycles. The molecule has 0 saturated carbocycles. The summed E-state index contributed by atoms with van der Waals surface area (Å²) in [5.74, 6) is -0.926. The van der Waals surface area contributed by atoms with Gasteiger partial charge in [-0.1, -0.05) is 0 Å². The second-order valence-electron chi connectivity index (χ2n) is 1.55. The Balaban J connectivity index is 0. The first-order valence-corrected chi connectivity index (χ1v) is 2.24. The van der Waals surface area contributed by atoms with Crippen molar-refractivity contribution in [2.75, 3.05) is 6.67 Å². The molecule has 0 aliphatic heterocycles. The second kappa shape index (κ2) is 6.08. The molecular weight excluding hydrogens is 306 g/mol. The van der Waals surface area contributed by atoms with Crippen molar-refractivity contribution in [2.24, 2.45) is 0 Å². The van der Waals surface area contributed by atoms with Crippen molar-refractivity contribution in [1.82, 2.24) is 0 Å². The van der Waals surface area contributed by atoms with E-state index in [4.69, 9.17) is 0 Å². The third kappa shape index (κ3) is 7.96. The van der Waals surface area contributed by atoms with Gasteiger partial charge in [0.05, 0.1) is 6.42 Å². The van der Waals surface area contributed by atoms with E-state index in [-0.39, 0.29) is 33.3 Å². The number of halogens is 1. The monoisotopic (exact) mass is 313 g/mol. The second-order valence-corrected chi connectivity index (χ2v) is 1.55. The van der Waals surface area contributed by atoms with Crippen LogP contribution in [0.5, 0.6) is 0 Å². The molecule has 0 aliphatic rings. The summed E-state index contributed by atoms with van der Waals surface area (Å²) >= 11 is 0. The van der Waals surface area contributed by atoms with E-state index in [0.717, 1.165) is 0 Å². The van der Waals surface area contributed by atoms with Gasteiger partial charge < -0.3 is 0 Å². The molecule has 0 atom stereocenters. The van der Waals surface area contributed by atoms with Crippen LogP contribution in [0, 0.1) is 0 Å². The SMILES string of the molecule is CC(=O)CC(=O)CF.[Pt]. The van der Waals surface area contributed by atoms with Gasteiger partial charge in [0.1, 0.15) is 12.5 Å². The molecule has 0 aliphatic carbocycles. The molecule has 0 aromatic rings. The normalized spacial score (nSPS) is 7.78. The molecule has 0 fully saturated rings. The number of alkyl halides is 1. The van der Waals surface area contributed by atoms with Gasteiger partial charge in [-0.15, -0.1) is 0 Å². The van der Waals surface area contributed by atoms with Crippen LogP contribution >= 0.6 is 0 Å². The van der Waals surface area contributed by atoms with E-state index in [0.29, 0.717) is 0 Å². The van der Waals surface area contributed by atoms with Crippen LogP contribution in [-0.4, -0.2) is 18.2 Å². The van der Waals surface area contributed by atoms with E-state index < -0.39 is 12.5 Å². The number of ketones is 2. The van der Waals surface area contributed by atoms with Gasteiger partial charge in [0, 0.05) is 21.1 Å². The predicted octanol–water partition coefficient (Wildman–Crippen LogP) is 0.502. The summed E-state index contributed by atoms with van der Waals surface area (Å²) in [5.41, 5.74) is 0. The zero-order chi connectivity index (χ0) is 6.57. The van der Waals surface area contributed by atoms with Gasteiger partial charge in [-0.3, -0.25) is 9.59 Å². The molecule has 0 N–H and O–H groups in total. The number of carbonyl (C=O) groups excluding carboxylic acids is 2. The van der Waals surface area contributed by atoms with Crippen molar-refractivity contribution in [3.8, 4) is 0 Å². The molecular formula is C5H7FO2Pt.